The van der Waals surface area contributed by atoms with Crippen molar-refractivity contribution in [2.45, 2.75) is 31.6 Å². The van der Waals surface area contributed by atoms with Gasteiger partial charge in [0.15, 0.2) is 5.60 Å². The molecule has 0 radical (unpaired) electrons. The highest BCUT2D eigenvalue weighted by Gasteiger charge is 2.53. The van der Waals surface area contributed by atoms with Gasteiger partial charge < -0.3 is 4.74 Å². The van der Waals surface area contributed by atoms with Crippen molar-refractivity contribution >= 4 is 6.21 Å². The van der Waals surface area contributed by atoms with Crippen molar-refractivity contribution in [3.05, 3.63) is 142 Å². The summed E-state index contributed by atoms with van der Waals surface area (Å²) in [5, 5.41) is 0. The normalized spacial score (nSPS) is 17.2. The first-order chi connectivity index (χ1) is 15.6. The van der Waals surface area contributed by atoms with Gasteiger partial charge in [-0.1, -0.05) is 97.1 Å². The third-order valence-corrected chi connectivity index (χ3v) is 6.97. The maximum Gasteiger partial charge on any atom is 0.213 e. The summed E-state index contributed by atoms with van der Waals surface area (Å²) in [4.78, 5) is 5.25. The summed E-state index contributed by atoms with van der Waals surface area (Å²) >= 11 is 0. The van der Waals surface area contributed by atoms with Gasteiger partial charge in [-0.3, -0.25) is 4.99 Å². The minimum absolute atomic E-state index is 0.770. The standard InChI is InChI=1S/C30H25NO/c1-21-11-3-7-15-25(21)29(26-16-8-4-12-22(26)2)20-31-30(32-29)27-17-9-5-13-23(27)19-24-14-6-10-18-28(24)30/h3-18,20H,19H2,1-2H3. The predicted octanol–water partition coefficient (Wildman–Crippen LogP) is 6.45. The number of benzene rings is 4. The number of fused-ring (bicyclic) bond motifs is 4. The molecule has 0 atom stereocenters. The van der Waals surface area contributed by atoms with E-state index in [1.54, 1.807) is 0 Å². The molecule has 2 heteroatoms. The van der Waals surface area contributed by atoms with Gasteiger partial charge in [-0.2, -0.15) is 0 Å². The molecule has 0 saturated carbocycles. The highest BCUT2D eigenvalue weighted by Crippen LogP contribution is 2.53. The van der Waals surface area contributed by atoms with Crippen molar-refractivity contribution in [2.75, 3.05) is 0 Å². The van der Waals surface area contributed by atoms with Crippen LogP contribution < -0.4 is 0 Å². The number of rotatable bonds is 2. The van der Waals surface area contributed by atoms with E-state index in [1.807, 2.05) is 0 Å². The Morgan fingerprint density at radius 3 is 1.53 bits per heavy atom. The Bertz CT molecular complexity index is 1280. The smallest absolute Gasteiger partial charge is 0.213 e. The van der Waals surface area contributed by atoms with Crippen molar-refractivity contribution in [3.8, 4) is 0 Å². The molecule has 0 unspecified atom stereocenters. The molecule has 4 aromatic rings. The number of aryl methyl sites for hydroxylation is 2. The van der Waals surface area contributed by atoms with Crippen LogP contribution in [0.15, 0.2) is 102 Å². The van der Waals surface area contributed by atoms with Gasteiger partial charge in [0.2, 0.25) is 5.72 Å². The number of aliphatic imine (C=N–C) groups is 1. The minimum atomic E-state index is -0.865. The van der Waals surface area contributed by atoms with Crippen LogP contribution in [0.1, 0.15) is 44.5 Å². The summed E-state index contributed by atoms with van der Waals surface area (Å²) in [7, 11) is 0. The molecule has 0 bridgehead atoms. The summed E-state index contributed by atoms with van der Waals surface area (Å²) in [6.45, 7) is 4.31. The van der Waals surface area contributed by atoms with Gasteiger partial charge in [0, 0.05) is 17.3 Å². The van der Waals surface area contributed by atoms with Crippen molar-refractivity contribution in [2.24, 2.45) is 4.99 Å². The van der Waals surface area contributed by atoms with E-state index in [1.165, 1.54) is 22.3 Å². The Balaban J connectivity index is 1.65. The van der Waals surface area contributed by atoms with Crippen LogP contribution in [-0.4, -0.2) is 6.21 Å². The van der Waals surface area contributed by atoms with Crippen LogP contribution >= 0.6 is 0 Å². The summed E-state index contributed by atoms with van der Waals surface area (Å²) < 4.78 is 7.34. The third kappa shape index (κ3) is 2.60. The van der Waals surface area contributed by atoms with Crippen molar-refractivity contribution in [1.82, 2.24) is 0 Å². The monoisotopic (exact) mass is 415 g/mol. The molecule has 1 heterocycles. The maximum absolute atomic E-state index is 7.34. The quantitative estimate of drug-likeness (QED) is 0.368. The lowest BCUT2D eigenvalue weighted by Crippen LogP contribution is -2.40. The topological polar surface area (TPSA) is 21.6 Å². The van der Waals surface area contributed by atoms with Gasteiger partial charge >= 0.3 is 0 Å². The fourth-order valence-corrected chi connectivity index (χ4v) is 5.45. The van der Waals surface area contributed by atoms with E-state index in [9.17, 15) is 0 Å². The fourth-order valence-electron chi connectivity index (χ4n) is 5.45. The second kappa shape index (κ2) is 7.01. The number of hydrogen-bond donors (Lipinski definition) is 0. The summed E-state index contributed by atoms with van der Waals surface area (Å²) in [6, 6.07) is 34.1. The molecule has 0 saturated heterocycles. The summed E-state index contributed by atoms with van der Waals surface area (Å²) in [5.41, 5.74) is 7.84. The maximum atomic E-state index is 7.34. The molecule has 0 aromatic heterocycles. The molecule has 0 N–H and O–H groups in total. The van der Waals surface area contributed by atoms with Crippen molar-refractivity contribution < 1.29 is 4.74 Å². The zero-order valence-electron chi connectivity index (χ0n) is 18.4. The second-order valence-electron chi connectivity index (χ2n) is 8.86. The average Bonchev–Trinajstić information content (AvgIpc) is 3.22. The summed E-state index contributed by atoms with van der Waals surface area (Å²) in [5.74, 6) is 0. The van der Waals surface area contributed by atoms with Gasteiger partial charge in [-0.05, 0) is 53.6 Å². The van der Waals surface area contributed by atoms with Crippen LogP contribution in [0.5, 0.6) is 0 Å². The van der Waals surface area contributed by atoms with Crippen LogP contribution in [0, 0.1) is 13.8 Å². The molecule has 32 heavy (non-hydrogen) atoms. The van der Waals surface area contributed by atoms with E-state index in [2.05, 4.69) is 117 Å². The fraction of sp³-hybridized carbons (Fsp3) is 0.167. The van der Waals surface area contributed by atoms with Crippen LogP contribution in [0.25, 0.3) is 0 Å². The first-order valence-electron chi connectivity index (χ1n) is 11.2. The van der Waals surface area contributed by atoms with E-state index in [-0.39, 0.29) is 0 Å². The third-order valence-electron chi connectivity index (χ3n) is 6.97. The first-order valence-corrected chi connectivity index (χ1v) is 11.2. The van der Waals surface area contributed by atoms with Crippen LogP contribution in [0.3, 0.4) is 0 Å². The molecule has 6 rings (SSSR count). The molecule has 0 fully saturated rings. The van der Waals surface area contributed by atoms with Crippen molar-refractivity contribution in [3.63, 3.8) is 0 Å². The summed E-state index contributed by atoms with van der Waals surface area (Å²) in [6.07, 6.45) is 2.95. The molecule has 156 valence electrons. The van der Waals surface area contributed by atoms with Crippen LogP contribution in [0.4, 0.5) is 0 Å². The lowest BCUT2D eigenvalue weighted by atomic mass is 9.79. The number of ether oxygens (including phenoxy) is 1. The lowest BCUT2D eigenvalue weighted by Gasteiger charge is -2.40. The number of hydrogen-bond acceptors (Lipinski definition) is 2. The van der Waals surface area contributed by atoms with E-state index < -0.39 is 11.3 Å². The minimum Gasteiger partial charge on any atom is -0.324 e. The molecule has 1 aliphatic carbocycles. The Kier molecular flexibility index (Phi) is 4.21. The Labute approximate surface area is 189 Å². The molecule has 2 aliphatic rings. The lowest BCUT2D eigenvalue weighted by molar-refractivity contribution is -0.0635. The zero-order valence-corrected chi connectivity index (χ0v) is 18.4. The molecular weight excluding hydrogens is 390 g/mol. The molecule has 0 amide bonds. The highest BCUT2D eigenvalue weighted by atomic mass is 16.5. The molecule has 1 spiro atoms. The Morgan fingerprint density at radius 2 is 1.03 bits per heavy atom. The van der Waals surface area contributed by atoms with Gasteiger partial charge in [0.25, 0.3) is 0 Å². The van der Waals surface area contributed by atoms with E-state index in [0.29, 0.717) is 0 Å². The van der Waals surface area contributed by atoms with E-state index in [4.69, 9.17) is 9.73 Å². The van der Waals surface area contributed by atoms with Gasteiger partial charge in [0.05, 0.1) is 0 Å². The molecule has 1 aliphatic heterocycles. The van der Waals surface area contributed by atoms with Crippen LogP contribution in [0.2, 0.25) is 0 Å². The predicted molar refractivity (Wildman–Crippen MR) is 129 cm³/mol. The molecule has 2 nitrogen and oxygen atoms in total. The van der Waals surface area contributed by atoms with Crippen molar-refractivity contribution in [1.29, 1.82) is 0 Å². The highest BCUT2D eigenvalue weighted by molar-refractivity contribution is 5.82. The van der Waals surface area contributed by atoms with Gasteiger partial charge in [0.1, 0.15) is 0 Å². The second-order valence-corrected chi connectivity index (χ2v) is 8.86. The first kappa shape index (κ1) is 19.2. The van der Waals surface area contributed by atoms with E-state index in [0.717, 1.165) is 28.7 Å². The largest absolute Gasteiger partial charge is 0.324 e. The molecule has 4 aromatic carbocycles. The van der Waals surface area contributed by atoms with Gasteiger partial charge in [-0.25, -0.2) is 0 Å². The van der Waals surface area contributed by atoms with Gasteiger partial charge in [-0.15, -0.1) is 0 Å². The average molecular weight is 416 g/mol. The Hall–Kier alpha value is -3.49. The zero-order chi connectivity index (χ0) is 21.8. The SMILES string of the molecule is Cc1ccccc1C1(c2ccccc2C)C=NC2(O1)c1ccccc1Cc1ccccc12. The Morgan fingerprint density at radius 1 is 0.594 bits per heavy atom. The molecular formula is C30H25NO. The van der Waals surface area contributed by atoms with Crippen LogP contribution in [-0.2, 0) is 22.5 Å². The van der Waals surface area contributed by atoms with E-state index >= 15 is 0 Å². The number of nitrogens with zero attached hydrogens (tertiary/aromatic N) is 1.